The molecule has 3 N–H and O–H groups in total. The first kappa shape index (κ1) is 32.8. The molecular formula is C30H36F3N3O5. The minimum Gasteiger partial charge on any atom is -0.508 e. The molecule has 8 nitrogen and oxygen atoms in total. The molecule has 0 saturated carbocycles. The zero-order chi connectivity index (χ0) is 30.9. The highest BCUT2D eigenvalue weighted by Crippen LogP contribution is 2.39. The van der Waals surface area contributed by atoms with Crippen LogP contribution in [0.15, 0.2) is 54.6 Å². The lowest BCUT2D eigenvalue weighted by Gasteiger charge is -2.19. The van der Waals surface area contributed by atoms with Gasteiger partial charge in [0, 0.05) is 13.6 Å². The van der Waals surface area contributed by atoms with Crippen molar-refractivity contribution in [1.82, 2.24) is 9.55 Å². The van der Waals surface area contributed by atoms with Crippen LogP contribution in [0.25, 0.3) is 11.0 Å². The average molecular weight is 576 g/mol. The van der Waals surface area contributed by atoms with Crippen LogP contribution in [-0.4, -0.2) is 44.4 Å². The Morgan fingerprint density at radius 2 is 1.63 bits per heavy atom. The summed E-state index contributed by atoms with van der Waals surface area (Å²) >= 11 is 0. The van der Waals surface area contributed by atoms with Gasteiger partial charge in [-0.1, -0.05) is 40.2 Å². The van der Waals surface area contributed by atoms with E-state index >= 15 is 0 Å². The second-order valence-corrected chi connectivity index (χ2v) is 8.94. The summed E-state index contributed by atoms with van der Waals surface area (Å²) in [5.41, 5.74) is 0.338. The number of nitrogens with zero attached hydrogens (tertiary/aromatic N) is 3. The van der Waals surface area contributed by atoms with Crippen LogP contribution in [0.1, 0.15) is 51.1 Å². The molecule has 2 heterocycles. The minimum atomic E-state index is -4.65. The summed E-state index contributed by atoms with van der Waals surface area (Å²) in [5.74, 6) is -0.509. The fourth-order valence-corrected chi connectivity index (χ4v) is 3.86. The predicted octanol–water partition coefficient (Wildman–Crippen LogP) is 7.58. The summed E-state index contributed by atoms with van der Waals surface area (Å²) in [7, 11) is 1.50. The van der Waals surface area contributed by atoms with Crippen LogP contribution in [0.2, 0.25) is 0 Å². The van der Waals surface area contributed by atoms with Crippen LogP contribution >= 0.6 is 0 Å². The lowest BCUT2D eigenvalue weighted by molar-refractivity contribution is -0.141. The number of phenolic OH excluding ortho intramolecular Hbond substituents is 2. The maximum atomic E-state index is 13.4. The second kappa shape index (κ2) is 14.3. The van der Waals surface area contributed by atoms with E-state index in [4.69, 9.17) is 9.84 Å². The van der Waals surface area contributed by atoms with Crippen LogP contribution in [0.3, 0.4) is 0 Å². The Labute approximate surface area is 237 Å². The van der Waals surface area contributed by atoms with Gasteiger partial charge in [0.1, 0.15) is 35.1 Å². The third-order valence-electron chi connectivity index (χ3n) is 5.62. The number of carboxylic acids is 1. The van der Waals surface area contributed by atoms with Crippen molar-refractivity contribution in [2.24, 2.45) is 0 Å². The Kier molecular flexibility index (Phi) is 11.4. The molecule has 0 amide bonds. The molecule has 0 unspecified atom stereocenters. The van der Waals surface area contributed by atoms with E-state index in [0.29, 0.717) is 28.1 Å². The molecule has 0 aliphatic carbocycles. The van der Waals surface area contributed by atoms with E-state index < -0.39 is 17.8 Å². The summed E-state index contributed by atoms with van der Waals surface area (Å²) in [6, 6.07) is 12.6. The molecule has 0 fully saturated rings. The molecule has 0 spiro atoms. The third kappa shape index (κ3) is 8.29. The highest BCUT2D eigenvalue weighted by molar-refractivity contribution is 5.86. The molecule has 0 bridgehead atoms. The van der Waals surface area contributed by atoms with Gasteiger partial charge in [0.05, 0.1) is 16.8 Å². The number of benzene rings is 2. The van der Waals surface area contributed by atoms with Gasteiger partial charge in [0.25, 0.3) is 0 Å². The number of halogens is 3. The molecular weight excluding hydrogens is 539 g/mol. The van der Waals surface area contributed by atoms with Crippen molar-refractivity contribution in [1.29, 1.82) is 0 Å². The zero-order valence-electron chi connectivity index (χ0n) is 24.0. The largest absolute Gasteiger partial charge is 0.508 e. The molecule has 0 aliphatic heterocycles. The summed E-state index contributed by atoms with van der Waals surface area (Å²) in [4.78, 5) is 16.3. The van der Waals surface area contributed by atoms with Gasteiger partial charge in [-0.3, -0.25) is 4.79 Å². The number of hydrogen-bond acceptors (Lipinski definition) is 6. The van der Waals surface area contributed by atoms with Gasteiger partial charge >= 0.3 is 12.1 Å². The Hall–Kier alpha value is -4.41. The molecule has 2 aromatic carbocycles. The minimum absolute atomic E-state index is 0.0361. The Morgan fingerprint density at radius 3 is 2.20 bits per heavy atom. The lowest BCUT2D eigenvalue weighted by Crippen LogP contribution is -2.25. The molecule has 222 valence electrons. The van der Waals surface area contributed by atoms with Crippen LogP contribution < -0.4 is 9.64 Å². The molecule has 0 saturated heterocycles. The van der Waals surface area contributed by atoms with E-state index in [9.17, 15) is 28.2 Å². The Morgan fingerprint density at radius 1 is 1.02 bits per heavy atom. The number of aliphatic carboxylic acids is 1. The van der Waals surface area contributed by atoms with Crippen molar-refractivity contribution in [2.75, 3.05) is 18.5 Å². The Balaban J connectivity index is 0.00000110. The molecule has 0 radical (unpaired) electrons. The number of phenols is 2. The van der Waals surface area contributed by atoms with Crippen molar-refractivity contribution in [2.45, 2.75) is 53.8 Å². The van der Waals surface area contributed by atoms with Gasteiger partial charge in [-0.05, 0) is 61.0 Å². The molecule has 41 heavy (non-hydrogen) atoms. The number of likely N-dealkylation sites (N-methyl/N-ethyl adjacent to an activating group) is 1. The van der Waals surface area contributed by atoms with Crippen molar-refractivity contribution in [3.8, 4) is 23.0 Å². The number of alkyl halides is 3. The van der Waals surface area contributed by atoms with Gasteiger partial charge in [0.15, 0.2) is 5.75 Å². The van der Waals surface area contributed by atoms with Crippen molar-refractivity contribution >= 4 is 22.7 Å². The number of fused-ring (bicyclic) bond motifs is 1. The van der Waals surface area contributed by atoms with E-state index in [-0.39, 0.29) is 35.9 Å². The van der Waals surface area contributed by atoms with Gasteiger partial charge in [0.2, 0.25) is 0 Å². The van der Waals surface area contributed by atoms with E-state index in [1.165, 1.54) is 54.8 Å². The first-order chi connectivity index (χ1) is 19.3. The highest BCUT2D eigenvalue weighted by Gasteiger charge is 2.33. The summed E-state index contributed by atoms with van der Waals surface area (Å²) in [6.45, 7) is 9.65. The number of carboxylic acid groups (broad SMARTS) is 1. The maximum absolute atomic E-state index is 13.4. The number of anilines is 1. The van der Waals surface area contributed by atoms with Gasteiger partial charge < -0.3 is 29.5 Å². The monoisotopic (exact) mass is 575 g/mol. The summed E-state index contributed by atoms with van der Waals surface area (Å²) in [5, 5.41) is 29.2. The first-order valence-electron chi connectivity index (χ1n) is 13.1. The van der Waals surface area contributed by atoms with Crippen molar-refractivity contribution in [3.05, 3.63) is 71.5 Å². The average Bonchev–Trinajstić information content (AvgIpc) is 3.17. The number of pyridine rings is 1. The molecule has 4 aromatic rings. The summed E-state index contributed by atoms with van der Waals surface area (Å²) < 4.78 is 47.9. The summed E-state index contributed by atoms with van der Waals surface area (Å²) in [6.07, 6.45) is -3.40. The standard InChI is InChI=1S/C25H22F3N3O5.C3H8.C2H6/c1-14-23(36-17-6-4-16(32)5-7-17)18-8-10-21(25(26,27)28)29-24(18)31(14)12-15-3-9-20(33)19(11-15)30(2)13-22(34)35;1-3-2;1-2/h3-11,32-33H,12-13H2,1-2H3,(H,34,35);3H2,1-2H3;1-2H3. The van der Waals surface area contributed by atoms with E-state index in [1.807, 2.05) is 13.8 Å². The number of aromatic hydroxyl groups is 2. The normalized spacial score (nSPS) is 10.8. The fraction of sp³-hybridized carbons (Fsp3) is 0.333. The number of rotatable bonds is 7. The number of aromatic nitrogens is 2. The molecule has 0 aliphatic rings. The second-order valence-electron chi connectivity index (χ2n) is 8.94. The molecule has 11 heteroatoms. The quantitative estimate of drug-likeness (QED) is 0.208. The lowest BCUT2D eigenvalue weighted by atomic mass is 10.1. The SMILES string of the molecule is CC.CCC.Cc1c(Oc2ccc(O)cc2)c2ccc(C(F)(F)F)nc2n1Cc1ccc(O)c(N(C)CC(=O)O)c1. The number of hydrogen-bond donors (Lipinski definition) is 3. The molecule has 0 atom stereocenters. The van der Waals surface area contributed by atoms with Gasteiger partial charge in [-0.25, -0.2) is 4.98 Å². The zero-order valence-corrected chi connectivity index (χ0v) is 24.0. The van der Waals surface area contributed by atoms with Crippen LogP contribution in [0.4, 0.5) is 18.9 Å². The maximum Gasteiger partial charge on any atom is 0.433 e. The van der Waals surface area contributed by atoms with Crippen LogP contribution in [0, 0.1) is 6.92 Å². The van der Waals surface area contributed by atoms with E-state index in [0.717, 1.165) is 6.07 Å². The molecule has 2 aromatic heterocycles. The topological polar surface area (TPSA) is 108 Å². The van der Waals surface area contributed by atoms with E-state index in [1.54, 1.807) is 23.6 Å². The van der Waals surface area contributed by atoms with Gasteiger partial charge in [-0.2, -0.15) is 13.2 Å². The smallest absolute Gasteiger partial charge is 0.433 e. The fourth-order valence-electron chi connectivity index (χ4n) is 3.86. The Bertz CT molecular complexity index is 1450. The van der Waals surface area contributed by atoms with Gasteiger partial charge in [-0.15, -0.1) is 0 Å². The highest BCUT2D eigenvalue weighted by atomic mass is 19.4. The van der Waals surface area contributed by atoms with Crippen molar-refractivity contribution < 1.29 is 38.0 Å². The van der Waals surface area contributed by atoms with E-state index in [2.05, 4.69) is 18.8 Å². The number of carbonyl (C=O) groups is 1. The van der Waals surface area contributed by atoms with Crippen LogP contribution in [0.5, 0.6) is 23.0 Å². The molecule has 4 rings (SSSR count). The van der Waals surface area contributed by atoms with Crippen LogP contribution in [-0.2, 0) is 17.5 Å². The third-order valence-corrected chi connectivity index (χ3v) is 5.62. The predicted molar refractivity (Wildman–Crippen MR) is 153 cm³/mol. The first-order valence-corrected chi connectivity index (χ1v) is 13.1. The van der Waals surface area contributed by atoms with Crippen molar-refractivity contribution in [3.63, 3.8) is 0 Å². The number of ether oxygens (including phenoxy) is 1.